The third kappa shape index (κ3) is 7.79. The number of phenolic OH excluding ortho intramolecular Hbond substituents is 1. The molecule has 1 atom stereocenters. The largest absolute Gasteiger partial charge is 0.508 e. The van der Waals surface area contributed by atoms with Gasteiger partial charge in [0.2, 0.25) is 5.91 Å². The summed E-state index contributed by atoms with van der Waals surface area (Å²) in [6.07, 6.45) is 4.71. The van der Waals surface area contributed by atoms with Crippen molar-refractivity contribution >= 4 is 16.9 Å². The number of carbonyl (C=O) groups excluding carboxylic acids is 1. The standard InChI is InChI=1S/C28H41N5O2/c1-28(2,3)22-19-21(15-16-26(22)34)25(32-30-23-13-9-10-14-24(23)31-32)20-27(35)29-17-11-7-8-12-18-33(4,5)6/h9-10,13-16,19,25H,7-8,11-12,17-18,20H2,1-6H3,(H-,29,34,35)/p+1. The van der Waals surface area contributed by atoms with Gasteiger partial charge >= 0.3 is 0 Å². The van der Waals surface area contributed by atoms with Crippen molar-refractivity contribution in [2.45, 2.75) is 64.3 Å². The van der Waals surface area contributed by atoms with E-state index in [-0.39, 0.29) is 29.5 Å². The molecule has 3 rings (SSSR count). The van der Waals surface area contributed by atoms with E-state index in [4.69, 9.17) is 0 Å². The molecule has 1 amide bonds. The highest BCUT2D eigenvalue weighted by atomic mass is 16.3. The molecule has 7 heteroatoms. The third-order valence-electron chi connectivity index (χ3n) is 6.25. The lowest BCUT2D eigenvalue weighted by molar-refractivity contribution is -0.870. The monoisotopic (exact) mass is 480 g/mol. The lowest BCUT2D eigenvalue weighted by Gasteiger charge is -2.24. The summed E-state index contributed by atoms with van der Waals surface area (Å²) in [5.41, 5.74) is 3.10. The Bertz CT molecular complexity index is 1090. The van der Waals surface area contributed by atoms with Crippen LogP contribution in [0.3, 0.4) is 0 Å². The minimum atomic E-state index is -0.367. The van der Waals surface area contributed by atoms with Gasteiger partial charge in [0.25, 0.3) is 0 Å². The van der Waals surface area contributed by atoms with Gasteiger partial charge in [-0.2, -0.15) is 15.0 Å². The van der Waals surface area contributed by atoms with E-state index in [2.05, 4.69) is 57.4 Å². The van der Waals surface area contributed by atoms with Crippen molar-refractivity contribution in [2.24, 2.45) is 0 Å². The van der Waals surface area contributed by atoms with Crippen molar-refractivity contribution in [3.05, 3.63) is 53.6 Å². The number of fused-ring (bicyclic) bond motifs is 1. The van der Waals surface area contributed by atoms with Crippen molar-refractivity contribution < 1.29 is 14.4 Å². The van der Waals surface area contributed by atoms with E-state index in [9.17, 15) is 9.90 Å². The molecule has 0 radical (unpaired) electrons. The molecule has 0 saturated heterocycles. The number of unbranched alkanes of at least 4 members (excludes halogenated alkanes) is 3. The van der Waals surface area contributed by atoms with Crippen molar-refractivity contribution in [3.8, 4) is 5.75 Å². The van der Waals surface area contributed by atoms with Crippen LogP contribution in [-0.2, 0) is 10.2 Å². The van der Waals surface area contributed by atoms with Gasteiger partial charge in [-0.15, -0.1) is 0 Å². The van der Waals surface area contributed by atoms with Crippen LogP contribution in [0.15, 0.2) is 42.5 Å². The maximum atomic E-state index is 13.0. The lowest BCUT2D eigenvalue weighted by Crippen LogP contribution is -2.35. The number of nitrogens with zero attached hydrogens (tertiary/aromatic N) is 4. The molecule has 0 aliphatic carbocycles. The SMILES string of the molecule is CC(C)(C)c1cc(C(CC(=O)NCCCCCC[N+](C)(C)C)n2nc3ccccc3n2)ccc1O. The zero-order valence-electron chi connectivity index (χ0n) is 22.2. The molecule has 1 aromatic heterocycles. The second kappa shape index (κ2) is 11.2. The Kier molecular flexibility index (Phi) is 8.54. The quantitative estimate of drug-likeness (QED) is 0.305. The van der Waals surface area contributed by atoms with Gasteiger partial charge in [0, 0.05) is 6.54 Å². The van der Waals surface area contributed by atoms with E-state index in [1.54, 1.807) is 10.9 Å². The molecule has 2 N–H and O–H groups in total. The van der Waals surface area contributed by atoms with E-state index < -0.39 is 0 Å². The number of quaternary nitrogens is 1. The molecule has 0 aliphatic heterocycles. The van der Waals surface area contributed by atoms with Crippen molar-refractivity contribution in [1.82, 2.24) is 20.3 Å². The predicted molar refractivity (Wildman–Crippen MR) is 141 cm³/mol. The summed E-state index contributed by atoms with van der Waals surface area (Å²) < 4.78 is 0.989. The minimum Gasteiger partial charge on any atom is -0.508 e. The normalized spacial score (nSPS) is 13.2. The molecule has 35 heavy (non-hydrogen) atoms. The topological polar surface area (TPSA) is 80.0 Å². The van der Waals surface area contributed by atoms with Gasteiger partial charge in [0.1, 0.15) is 22.8 Å². The van der Waals surface area contributed by atoms with Crippen molar-refractivity contribution in [1.29, 1.82) is 0 Å². The summed E-state index contributed by atoms with van der Waals surface area (Å²) in [5.74, 6) is 0.237. The molecular formula is C28H42N5O2+. The van der Waals surface area contributed by atoms with Gasteiger partial charge < -0.3 is 14.9 Å². The molecular weight excluding hydrogens is 438 g/mol. The predicted octanol–water partition coefficient (Wildman–Crippen LogP) is 4.80. The fourth-order valence-corrected chi connectivity index (χ4v) is 4.25. The van der Waals surface area contributed by atoms with Gasteiger partial charge in [-0.25, -0.2) is 0 Å². The van der Waals surface area contributed by atoms with Crippen LogP contribution in [0.25, 0.3) is 11.0 Å². The Morgan fingerprint density at radius 3 is 2.23 bits per heavy atom. The molecule has 0 saturated carbocycles. The molecule has 2 aromatic carbocycles. The number of benzene rings is 2. The molecule has 1 heterocycles. The number of carbonyl (C=O) groups is 1. The summed E-state index contributed by atoms with van der Waals surface area (Å²) in [7, 11) is 6.64. The Hall–Kier alpha value is -2.93. The molecule has 1 unspecified atom stereocenters. The van der Waals surface area contributed by atoms with Crippen molar-refractivity contribution in [2.75, 3.05) is 34.2 Å². The van der Waals surface area contributed by atoms with Crippen LogP contribution in [0.4, 0.5) is 0 Å². The highest BCUT2D eigenvalue weighted by molar-refractivity contribution is 5.77. The molecule has 0 fully saturated rings. The highest BCUT2D eigenvalue weighted by Gasteiger charge is 2.25. The van der Waals surface area contributed by atoms with E-state index in [0.29, 0.717) is 6.54 Å². The number of rotatable bonds is 11. The number of phenols is 1. The average molecular weight is 481 g/mol. The van der Waals surface area contributed by atoms with Gasteiger partial charge in [-0.3, -0.25) is 4.79 Å². The van der Waals surface area contributed by atoms with Gasteiger partial charge in [0.15, 0.2) is 0 Å². The molecule has 0 aliphatic rings. The Labute approximate surface area is 209 Å². The minimum absolute atomic E-state index is 0.0203. The summed E-state index contributed by atoms with van der Waals surface area (Å²) in [4.78, 5) is 14.6. The van der Waals surface area contributed by atoms with E-state index in [1.165, 1.54) is 19.4 Å². The second-order valence-corrected chi connectivity index (χ2v) is 11.5. The molecule has 190 valence electrons. The van der Waals surface area contributed by atoms with Crippen LogP contribution in [0, 0.1) is 0 Å². The first-order chi connectivity index (χ1) is 16.4. The fourth-order valence-electron chi connectivity index (χ4n) is 4.25. The number of nitrogens with one attached hydrogen (secondary N) is 1. The van der Waals surface area contributed by atoms with Crippen molar-refractivity contribution in [3.63, 3.8) is 0 Å². The van der Waals surface area contributed by atoms with Gasteiger partial charge in [0.05, 0.1) is 34.1 Å². The third-order valence-corrected chi connectivity index (χ3v) is 6.25. The first-order valence-electron chi connectivity index (χ1n) is 12.7. The van der Waals surface area contributed by atoms with Crippen LogP contribution >= 0.6 is 0 Å². The molecule has 7 nitrogen and oxygen atoms in total. The summed E-state index contributed by atoms with van der Waals surface area (Å²) in [5, 5.41) is 22.9. The molecule has 0 spiro atoms. The Morgan fingerprint density at radius 1 is 1.00 bits per heavy atom. The smallest absolute Gasteiger partial charge is 0.222 e. The maximum Gasteiger partial charge on any atom is 0.222 e. The van der Waals surface area contributed by atoms with Crippen LogP contribution in [0.5, 0.6) is 5.75 Å². The molecule has 3 aromatic rings. The molecule has 0 bridgehead atoms. The summed E-state index contributed by atoms with van der Waals surface area (Å²) >= 11 is 0. The highest BCUT2D eigenvalue weighted by Crippen LogP contribution is 2.34. The van der Waals surface area contributed by atoms with E-state index >= 15 is 0 Å². The van der Waals surface area contributed by atoms with E-state index in [1.807, 2.05) is 36.4 Å². The zero-order valence-corrected chi connectivity index (χ0v) is 22.2. The number of aromatic nitrogens is 3. The fraction of sp³-hybridized carbons (Fsp3) is 0.536. The average Bonchev–Trinajstić information content (AvgIpc) is 3.20. The zero-order chi connectivity index (χ0) is 25.6. The second-order valence-electron chi connectivity index (χ2n) is 11.5. The summed E-state index contributed by atoms with van der Waals surface area (Å²) in [6, 6.07) is 12.9. The maximum absolute atomic E-state index is 13.0. The van der Waals surface area contributed by atoms with Crippen LogP contribution < -0.4 is 5.32 Å². The van der Waals surface area contributed by atoms with E-state index in [0.717, 1.165) is 39.5 Å². The number of hydrogen-bond acceptors (Lipinski definition) is 4. The lowest BCUT2D eigenvalue weighted by atomic mass is 9.84. The van der Waals surface area contributed by atoms with Crippen LogP contribution in [-0.4, -0.2) is 64.7 Å². The number of hydrogen-bond donors (Lipinski definition) is 2. The Morgan fingerprint density at radius 2 is 1.63 bits per heavy atom. The van der Waals surface area contributed by atoms with Gasteiger partial charge in [-0.05, 0) is 60.1 Å². The number of amides is 1. The van der Waals surface area contributed by atoms with Gasteiger partial charge in [-0.1, -0.05) is 45.4 Å². The first-order valence-corrected chi connectivity index (χ1v) is 12.7. The van der Waals surface area contributed by atoms with Crippen LogP contribution in [0.2, 0.25) is 0 Å². The summed E-state index contributed by atoms with van der Waals surface area (Å²) in [6.45, 7) is 8.03. The Balaban J connectivity index is 1.71. The van der Waals surface area contributed by atoms with Crippen LogP contribution in [0.1, 0.15) is 70.0 Å². The number of aromatic hydroxyl groups is 1. The first kappa shape index (κ1) is 26.7.